The van der Waals surface area contributed by atoms with Gasteiger partial charge in [-0.3, -0.25) is 4.79 Å². The van der Waals surface area contributed by atoms with Crippen LogP contribution < -0.4 is 0 Å². The Kier molecular flexibility index (Phi) is 6.19. The van der Waals surface area contributed by atoms with Gasteiger partial charge in [-0.2, -0.15) is 4.31 Å². The van der Waals surface area contributed by atoms with Crippen LogP contribution in [-0.2, 0) is 14.8 Å². The minimum atomic E-state index is -3.78. The summed E-state index contributed by atoms with van der Waals surface area (Å²) in [7, 11) is -3.78. The highest BCUT2D eigenvalue weighted by Crippen LogP contribution is 2.26. The standard InChI is InChI=1S/C20H28FN3O4S/c21-19-6-5-17(29(26,27)23-10-12-28-13-11-23)14-18(19)20(25)24-9-3-4-16(24)15-22-7-1-2-8-22/h5-6,14,16H,1-4,7-13,15H2. The van der Waals surface area contributed by atoms with Crippen molar-refractivity contribution in [3.63, 3.8) is 0 Å². The molecule has 3 heterocycles. The largest absolute Gasteiger partial charge is 0.379 e. The van der Waals surface area contributed by atoms with E-state index in [0.717, 1.165) is 38.5 Å². The van der Waals surface area contributed by atoms with Gasteiger partial charge in [-0.05, 0) is 57.0 Å². The minimum absolute atomic E-state index is 0.0422. The third-order valence-corrected chi connectivity index (χ3v) is 7.98. The third kappa shape index (κ3) is 4.33. The quantitative estimate of drug-likeness (QED) is 0.716. The van der Waals surface area contributed by atoms with Crippen molar-refractivity contribution in [2.24, 2.45) is 0 Å². The van der Waals surface area contributed by atoms with Crippen molar-refractivity contribution in [1.82, 2.24) is 14.1 Å². The fourth-order valence-electron chi connectivity index (χ4n) is 4.48. The summed E-state index contributed by atoms with van der Waals surface area (Å²) in [4.78, 5) is 17.2. The molecule has 3 aliphatic rings. The van der Waals surface area contributed by atoms with Gasteiger partial charge in [-0.15, -0.1) is 0 Å². The van der Waals surface area contributed by atoms with E-state index in [2.05, 4.69) is 4.90 Å². The Labute approximate surface area is 171 Å². The van der Waals surface area contributed by atoms with Crippen molar-refractivity contribution in [3.8, 4) is 0 Å². The van der Waals surface area contributed by atoms with Crippen LogP contribution in [0, 0.1) is 5.82 Å². The molecule has 0 aromatic heterocycles. The maximum Gasteiger partial charge on any atom is 0.257 e. The number of ether oxygens (including phenoxy) is 1. The molecule has 160 valence electrons. The number of hydrogen-bond acceptors (Lipinski definition) is 5. The Hall–Kier alpha value is -1.55. The van der Waals surface area contributed by atoms with E-state index in [1.165, 1.54) is 29.3 Å². The number of carbonyl (C=O) groups excluding carboxylic acids is 1. The first-order chi connectivity index (χ1) is 14.0. The van der Waals surface area contributed by atoms with Gasteiger partial charge < -0.3 is 14.5 Å². The van der Waals surface area contributed by atoms with Gasteiger partial charge in [-0.1, -0.05) is 0 Å². The lowest BCUT2D eigenvalue weighted by molar-refractivity contribution is 0.0703. The molecule has 1 atom stereocenters. The lowest BCUT2D eigenvalue weighted by Gasteiger charge is -2.29. The third-order valence-electron chi connectivity index (χ3n) is 6.08. The molecule has 0 saturated carbocycles. The monoisotopic (exact) mass is 425 g/mol. The van der Waals surface area contributed by atoms with E-state index >= 15 is 0 Å². The van der Waals surface area contributed by atoms with Crippen LogP contribution in [0.3, 0.4) is 0 Å². The van der Waals surface area contributed by atoms with Crippen molar-refractivity contribution < 1.29 is 22.3 Å². The summed E-state index contributed by atoms with van der Waals surface area (Å²) in [6, 6.07) is 3.59. The van der Waals surface area contributed by atoms with Gasteiger partial charge in [0.1, 0.15) is 5.82 Å². The molecule has 7 nitrogen and oxygen atoms in total. The summed E-state index contributed by atoms with van der Waals surface area (Å²) in [6.07, 6.45) is 4.14. The van der Waals surface area contributed by atoms with Crippen LogP contribution in [-0.4, -0.2) is 87.0 Å². The molecule has 4 rings (SSSR count). The van der Waals surface area contributed by atoms with Gasteiger partial charge in [-0.25, -0.2) is 12.8 Å². The maximum atomic E-state index is 14.5. The fraction of sp³-hybridized carbons (Fsp3) is 0.650. The first kappa shape index (κ1) is 20.7. The average Bonchev–Trinajstić information content (AvgIpc) is 3.41. The number of hydrogen-bond donors (Lipinski definition) is 0. The second-order valence-corrected chi connectivity index (χ2v) is 9.90. The average molecular weight is 426 g/mol. The van der Waals surface area contributed by atoms with E-state index in [4.69, 9.17) is 4.74 Å². The second-order valence-electron chi connectivity index (χ2n) is 7.96. The van der Waals surface area contributed by atoms with Crippen LogP contribution in [0.4, 0.5) is 4.39 Å². The number of halogens is 1. The normalized spacial score (nSPS) is 24.3. The number of nitrogens with zero attached hydrogens (tertiary/aromatic N) is 3. The van der Waals surface area contributed by atoms with Crippen LogP contribution in [0.5, 0.6) is 0 Å². The number of carbonyl (C=O) groups is 1. The summed E-state index contributed by atoms with van der Waals surface area (Å²) in [5.41, 5.74) is -0.160. The molecule has 3 fully saturated rings. The summed E-state index contributed by atoms with van der Waals surface area (Å²) in [5, 5.41) is 0. The zero-order valence-corrected chi connectivity index (χ0v) is 17.4. The second kappa shape index (κ2) is 8.67. The molecule has 29 heavy (non-hydrogen) atoms. The first-order valence-electron chi connectivity index (χ1n) is 10.4. The maximum absolute atomic E-state index is 14.5. The molecule has 1 unspecified atom stereocenters. The van der Waals surface area contributed by atoms with E-state index in [0.29, 0.717) is 19.8 Å². The molecule has 0 N–H and O–H groups in total. The van der Waals surface area contributed by atoms with Crippen LogP contribution in [0.2, 0.25) is 0 Å². The van der Waals surface area contributed by atoms with E-state index in [-0.39, 0.29) is 29.6 Å². The van der Waals surface area contributed by atoms with Gasteiger partial charge >= 0.3 is 0 Å². The van der Waals surface area contributed by atoms with Gasteiger partial charge in [0.05, 0.1) is 23.7 Å². The molecule has 3 aliphatic heterocycles. The first-order valence-corrected chi connectivity index (χ1v) is 11.8. The molecular formula is C20H28FN3O4S. The Morgan fingerprint density at radius 3 is 2.52 bits per heavy atom. The summed E-state index contributed by atoms with van der Waals surface area (Å²) >= 11 is 0. The fourth-order valence-corrected chi connectivity index (χ4v) is 5.91. The highest BCUT2D eigenvalue weighted by atomic mass is 32.2. The molecule has 0 bridgehead atoms. The Balaban J connectivity index is 1.55. The molecule has 3 saturated heterocycles. The molecule has 1 aromatic carbocycles. The predicted molar refractivity (Wildman–Crippen MR) is 106 cm³/mol. The molecule has 9 heteroatoms. The van der Waals surface area contributed by atoms with Crippen LogP contribution in [0.15, 0.2) is 23.1 Å². The summed E-state index contributed by atoms with van der Waals surface area (Å²) < 4.78 is 46.9. The van der Waals surface area contributed by atoms with Crippen molar-refractivity contribution in [2.75, 3.05) is 52.5 Å². The van der Waals surface area contributed by atoms with Gasteiger partial charge in [0, 0.05) is 32.2 Å². The van der Waals surface area contributed by atoms with Crippen LogP contribution in [0.25, 0.3) is 0 Å². The van der Waals surface area contributed by atoms with Crippen LogP contribution >= 0.6 is 0 Å². The van der Waals surface area contributed by atoms with Crippen molar-refractivity contribution in [1.29, 1.82) is 0 Å². The predicted octanol–water partition coefficient (Wildman–Crippen LogP) is 1.55. The number of rotatable bonds is 5. The Morgan fingerprint density at radius 1 is 1.07 bits per heavy atom. The zero-order valence-electron chi connectivity index (χ0n) is 16.6. The highest BCUT2D eigenvalue weighted by molar-refractivity contribution is 7.89. The Bertz CT molecular complexity index is 851. The van der Waals surface area contributed by atoms with E-state index in [9.17, 15) is 17.6 Å². The van der Waals surface area contributed by atoms with Crippen LogP contribution in [0.1, 0.15) is 36.0 Å². The van der Waals surface area contributed by atoms with Gasteiger partial charge in [0.15, 0.2) is 0 Å². The van der Waals surface area contributed by atoms with Gasteiger partial charge in [0.25, 0.3) is 5.91 Å². The summed E-state index contributed by atoms with van der Waals surface area (Å²) in [6.45, 7) is 4.65. The van der Waals surface area contributed by atoms with E-state index < -0.39 is 21.7 Å². The Morgan fingerprint density at radius 2 is 1.79 bits per heavy atom. The zero-order chi connectivity index (χ0) is 20.4. The van der Waals surface area contributed by atoms with Crippen molar-refractivity contribution in [2.45, 2.75) is 36.6 Å². The number of amides is 1. The molecule has 0 radical (unpaired) electrons. The minimum Gasteiger partial charge on any atom is -0.379 e. The van der Waals surface area contributed by atoms with E-state index in [1.54, 1.807) is 4.90 Å². The smallest absolute Gasteiger partial charge is 0.257 e. The number of benzene rings is 1. The number of morpholine rings is 1. The SMILES string of the molecule is O=C(c1cc(S(=O)(=O)N2CCOCC2)ccc1F)N1CCCC1CN1CCCC1. The number of sulfonamides is 1. The summed E-state index contributed by atoms with van der Waals surface area (Å²) in [5.74, 6) is -1.09. The molecule has 1 amide bonds. The lowest BCUT2D eigenvalue weighted by Crippen LogP contribution is -2.43. The van der Waals surface area contributed by atoms with Crippen molar-refractivity contribution >= 4 is 15.9 Å². The van der Waals surface area contributed by atoms with Crippen molar-refractivity contribution in [3.05, 3.63) is 29.6 Å². The lowest BCUT2D eigenvalue weighted by atomic mass is 10.1. The molecule has 1 aromatic rings. The van der Waals surface area contributed by atoms with E-state index in [1.807, 2.05) is 0 Å². The highest BCUT2D eigenvalue weighted by Gasteiger charge is 2.34. The molecular weight excluding hydrogens is 397 g/mol. The van der Waals surface area contributed by atoms with Gasteiger partial charge in [0.2, 0.25) is 10.0 Å². The number of likely N-dealkylation sites (tertiary alicyclic amines) is 2. The molecule has 0 aliphatic carbocycles. The molecule has 0 spiro atoms. The topological polar surface area (TPSA) is 70.2 Å².